The van der Waals surface area contributed by atoms with Gasteiger partial charge < -0.3 is 20.5 Å². The van der Waals surface area contributed by atoms with E-state index in [0.717, 1.165) is 22.3 Å². The third-order valence-corrected chi connectivity index (χ3v) is 6.47. The zero-order chi connectivity index (χ0) is 24.5. The van der Waals surface area contributed by atoms with Crippen LogP contribution in [0, 0.1) is 0 Å². The van der Waals surface area contributed by atoms with Crippen LogP contribution in [0.15, 0.2) is 71.2 Å². The summed E-state index contributed by atoms with van der Waals surface area (Å²) in [6, 6.07) is 20.6. The van der Waals surface area contributed by atoms with E-state index in [1.807, 2.05) is 36.4 Å². The molecule has 0 spiro atoms. The molecule has 2 amide bonds. The highest BCUT2D eigenvalue weighted by atomic mass is 79.9. The first-order valence-electron chi connectivity index (χ1n) is 10.7. The van der Waals surface area contributed by atoms with Gasteiger partial charge in [0.25, 0.3) is 0 Å². The minimum atomic E-state index is -1.37. The Morgan fingerprint density at radius 3 is 2.12 bits per heavy atom. The van der Waals surface area contributed by atoms with Gasteiger partial charge in [-0.05, 0) is 64.2 Å². The second-order valence-electron chi connectivity index (χ2n) is 8.50. The van der Waals surface area contributed by atoms with Gasteiger partial charge in [0, 0.05) is 10.4 Å². The van der Waals surface area contributed by atoms with Crippen LogP contribution in [0.3, 0.4) is 0 Å². The molecule has 3 aromatic rings. The van der Waals surface area contributed by atoms with Crippen molar-refractivity contribution in [2.75, 3.05) is 11.9 Å². The SMILES string of the molecule is CC(C)(NC(=O)OCC1c2ccccc2-c2ccccc21)C(=O)Nc1c(Br)cccc1C(=O)O. The Morgan fingerprint density at radius 1 is 0.941 bits per heavy atom. The lowest BCUT2D eigenvalue weighted by molar-refractivity contribution is -0.121. The van der Waals surface area contributed by atoms with Crippen LogP contribution in [-0.4, -0.2) is 35.2 Å². The number of amides is 2. The average Bonchev–Trinajstić information content (AvgIpc) is 3.12. The molecule has 3 aromatic carbocycles. The highest BCUT2D eigenvalue weighted by Gasteiger charge is 2.33. The van der Waals surface area contributed by atoms with Gasteiger partial charge in [-0.15, -0.1) is 0 Å². The number of fused-ring (bicyclic) bond motifs is 3. The molecule has 8 heteroatoms. The lowest BCUT2D eigenvalue weighted by Gasteiger charge is -2.26. The Labute approximate surface area is 205 Å². The molecule has 0 radical (unpaired) electrons. The van der Waals surface area contributed by atoms with Crippen molar-refractivity contribution >= 4 is 39.6 Å². The van der Waals surface area contributed by atoms with Gasteiger partial charge in [0.05, 0.1) is 11.3 Å². The summed E-state index contributed by atoms with van der Waals surface area (Å²) < 4.78 is 5.94. The number of hydrogen-bond acceptors (Lipinski definition) is 4. The van der Waals surface area contributed by atoms with Crippen LogP contribution in [0.2, 0.25) is 0 Å². The summed E-state index contributed by atoms with van der Waals surface area (Å²) in [7, 11) is 0. The second kappa shape index (κ2) is 9.30. The number of hydrogen-bond donors (Lipinski definition) is 3. The maximum Gasteiger partial charge on any atom is 0.408 e. The van der Waals surface area contributed by atoms with Gasteiger partial charge in [-0.1, -0.05) is 54.6 Å². The van der Waals surface area contributed by atoms with Crippen molar-refractivity contribution in [1.29, 1.82) is 0 Å². The molecule has 3 N–H and O–H groups in total. The first-order chi connectivity index (χ1) is 16.2. The number of nitrogens with one attached hydrogen (secondary N) is 2. The maximum atomic E-state index is 12.9. The number of alkyl carbamates (subject to hydrolysis) is 1. The molecule has 1 aliphatic carbocycles. The Hall–Kier alpha value is -3.65. The Morgan fingerprint density at radius 2 is 1.53 bits per heavy atom. The molecule has 0 aliphatic heterocycles. The van der Waals surface area contributed by atoms with Gasteiger partial charge in [0.1, 0.15) is 12.1 Å². The normalized spacial score (nSPS) is 12.4. The summed E-state index contributed by atoms with van der Waals surface area (Å²) in [5, 5.41) is 14.6. The van der Waals surface area contributed by atoms with Gasteiger partial charge in [0.15, 0.2) is 0 Å². The molecule has 0 fully saturated rings. The van der Waals surface area contributed by atoms with Crippen LogP contribution in [-0.2, 0) is 9.53 Å². The van der Waals surface area contributed by atoms with E-state index in [0.29, 0.717) is 4.47 Å². The fourth-order valence-corrected chi connectivity index (χ4v) is 4.51. The van der Waals surface area contributed by atoms with Crippen LogP contribution in [0.5, 0.6) is 0 Å². The van der Waals surface area contributed by atoms with Crippen LogP contribution in [0.25, 0.3) is 11.1 Å². The standard InChI is InChI=1S/C26H23BrN2O5/c1-26(2,24(32)28-22-19(23(30)31)12-7-13-21(22)27)29-25(33)34-14-20-17-10-5-3-8-15(17)16-9-4-6-11-18(16)20/h3-13,20H,14H2,1-2H3,(H,28,32)(H,29,33)(H,30,31). The predicted octanol–water partition coefficient (Wildman–Crippen LogP) is 5.40. The minimum Gasteiger partial charge on any atom is -0.478 e. The zero-order valence-corrected chi connectivity index (χ0v) is 20.2. The number of para-hydroxylation sites is 1. The predicted molar refractivity (Wildman–Crippen MR) is 132 cm³/mol. The summed E-state index contributed by atoms with van der Waals surface area (Å²) in [4.78, 5) is 37.0. The summed E-state index contributed by atoms with van der Waals surface area (Å²) in [5.74, 6) is -1.87. The van der Waals surface area contributed by atoms with Gasteiger partial charge in [-0.3, -0.25) is 4.79 Å². The van der Waals surface area contributed by atoms with Gasteiger partial charge in [-0.2, -0.15) is 0 Å². The molecule has 174 valence electrons. The summed E-state index contributed by atoms with van der Waals surface area (Å²) in [6.07, 6.45) is -0.743. The molecule has 4 rings (SSSR count). The van der Waals surface area contributed by atoms with E-state index in [1.165, 1.54) is 19.9 Å². The second-order valence-corrected chi connectivity index (χ2v) is 9.35. The third-order valence-electron chi connectivity index (χ3n) is 5.81. The molecule has 34 heavy (non-hydrogen) atoms. The van der Waals surface area contributed by atoms with Crippen LogP contribution < -0.4 is 10.6 Å². The minimum absolute atomic E-state index is 0.0698. The number of aromatic carboxylic acids is 1. The van der Waals surface area contributed by atoms with Crippen LogP contribution in [0.1, 0.15) is 41.3 Å². The van der Waals surface area contributed by atoms with E-state index < -0.39 is 23.5 Å². The lowest BCUT2D eigenvalue weighted by atomic mass is 9.98. The van der Waals surface area contributed by atoms with E-state index in [4.69, 9.17) is 4.74 Å². The monoisotopic (exact) mass is 522 g/mol. The van der Waals surface area contributed by atoms with E-state index in [-0.39, 0.29) is 23.8 Å². The van der Waals surface area contributed by atoms with Gasteiger partial charge in [0.2, 0.25) is 5.91 Å². The molecule has 0 saturated carbocycles. The average molecular weight is 523 g/mol. The Kier molecular flexibility index (Phi) is 6.43. The van der Waals surface area contributed by atoms with Gasteiger partial charge >= 0.3 is 12.1 Å². The number of halogens is 1. The van der Waals surface area contributed by atoms with Crippen molar-refractivity contribution in [2.45, 2.75) is 25.3 Å². The topological polar surface area (TPSA) is 105 Å². The third kappa shape index (κ3) is 4.54. The molecule has 0 unspecified atom stereocenters. The Bertz CT molecular complexity index is 1240. The number of benzene rings is 3. The van der Waals surface area contributed by atoms with Crippen molar-refractivity contribution in [3.8, 4) is 11.1 Å². The molecule has 0 aromatic heterocycles. The summed E-state index contributed by atoms with van der Waals surface area (Å²) in [6.45, 7) is 3.15. The summed E-state index contributed by atoms with van der Waals surface area (Å²) >= 11 is 3.26. The fraction of sp³-hybridized carbons (Fsp3) is 0.192. The van der Waals surface area contributed by atoms with Crippen LogP contribution >= 0.6 is 15.9 Å². The molecular formula is C26H23BrN2O5. The van der Waals surface area contributed by atoms with Crippen molar-refractivity contribution in [1.82, 2.24) is 5.32 Å². The molecule has 0 atom stereocenters. The van der Waals surface area contributed by atoms with Crippen molar-refractivity contribution in [3.05, 3.63) is 87.9 Å². The smallest absolute Gasteiger partial charge is 0.408 e. The number of carbonyl (C=O) groups is 3. The fourth-order valence-electron chi connectivity index (χ4n) is 4.05. The number of carbonyl (C=O) groups excluding carboxylic acids is 2. The number of carboxylic acid groups (broad SMARTS) is 1. The molecule has 0 heterocycles. The van der Waals surface area contributed by atoms with E-state index in [1.54, 1.807) is 12.1 Å². The molecule has 0 bridgehead atoms. The molecule has 7 nitrogen and oxygen atoms in total. The van der Waals surface area contributed by atoms with Gasteiger partial charge in [-0.25, -0.2) is 9.59 Å². The number of rotatable bonds is 6. The molecule has 1 aliphatic rings. The van der Waals surface area contributed by atoms with E-state index in [9.17, 15) is 19.5 Å². The van der Waals surface area contributed by atoms with Crippen molar-refractivity contribution in [2.24, 2.45) is 0 Å². The quantitative estimate of drug-likeness (QED) is 0.401. The number of ether oxygens (including phenoxy) is 1. The number of anilines is 1. The number of carboxylic acids is 1. The van der Waals surface area contributed by atoms with E-state index in [2.05, 4.69) is 38.7 Å². The van der Waals surface area contributed by atoms with E-state index >= 15 is 0 Å². The lowest BCUT2D eigenvalue weighted by Crippen LogP contribution is -2.52. The van der Waals surface area contributed by atoms with Crippen molar-refractivity contribution in [3.63, 3.8) is 0 Å². The highest BCUT2D eigenvalue weighted by Crippen LogP contribution is 2.44. The zero-order valence-electron chi connectivity index (χ0n) is 18.6. The molecular weight excluding hydrogens is 500 g/mol. The highest BCUT2D eigenvalue weighted by molar-refractivity contribution is 9.10. The maximum absolute atomic E-state index is 12.9. The van der Waals surface area contributed by atoms with Crippen molar-refractivity contribution < 1.29 is 24.2 Å². The summed E-state index contributed by atoms with van der Waals surface area (Å²) in [5.41, 5.74) is 3.09. The largest absolute Gasteiger partial charge is 0.478 e. The first-order valence-corrected chi connectivity index (χ1v) is 11.4. The Balaban J connectivity index is 1.43. The molecule has 0 saturated heterocycles. The first kappa shape index (κ1) is 23.5. The van der Waals surface area contributed by atoms with Crippen LogP contribution in [0.4, 0.5) is 10.5 Å².